The van der Waals surface area contributed by atoms with Crippen molar-refractivity contribution >= 4 is 24.0 Å². The number of hydrogen-bond donors (Lipinski definition) is 2. The van der Waals surface area contributed by atoms with Crippen molar-refractivity contribution in [2.75, 3.05) is 18.4 Å². The molecular weight excluding hydrogens is 315 g/mol. The fourth-order valence-electron chi connectivity index (χ4n) is 2.80. The molecule has 1 saturated heterocycles. The molecule has 0 saturated carbocycles. The zero-order chi connectivity index (χ0) is 15.4. The predicted molar refractivity (Wildman–Crippen MR) is 92.9 cm³/mol. The van der Waals surface area contributed by atoms with Crippen molar-refractivity contribution in [3.05, 3.63) is 65.5 Å². The lowest BCUT2D eigenvalue weighted by Crippen LogP contribution is -2.26. The Kier molecular flexibility index (Phi) is 6.13. The van der Waals surface area contributed by atoms with E-state index in [1.165, 1.54) is 17.7 Å². The number of nitrogens with one attached hydrogen (secondary N) is 2. The van der Waals surface area contributed by atoms with E-state index in [1.54, 1.807) is 12.1 Å². The zero-order valence-electron chi connectivity index (χ0n) is 12.7. The van der Waals surface area contributed by atoms with Gasteiger partial charge in [-0.1, -0.05) is 12.1 Å². The third-order valence-electron chi connectivity index (χ3n) is 4.09. The van der Waals surface area contributed by atoms with E-state index in [0.29, 0.717) is 17.2 Å². The second-order valence-electron chi connectivity index (χ2n) is 5.61. The Morgan fingerprint density at radius 2 is 1.61 bits per heavy atom. The molecule has 1 amide bonds. The van der Waals surface area contributed by atoms with E-state index in [1.807, 2.05) is 24.3 Å². The van der Waals surface area contributed by atoms with Crippen LogP contribution in [0.2, 0.25) is 0 Å². The van der Waals surface area contributed by atoms with Crippen LogP contribution in [0.3, 0.4) is 0 Å². The van der Waals surface area contributed by atoms with Crippen LogP contribution in [0.4, 0.5) is 10.1 Å². The maximum absolute atomic E-state index is 12.9. The summed E-state index contributed by atoms with van der Waals surface area (Å²) in [6, 6.07) is 13.6. The van der Waals surface area contributed by atoms with Crippen molar-refractivity contribution in [3.8, 4) is 0 Å². The summed E-state index contributed by atoms with van der Waals surface area (Å²) in [5.74, 6) is 0.0863. The molecule has 23 heavy (non-hydrogen) atoms. The van der Waals surface area contributed by atoms with Crippen LogP contribution < -0.4 is 10.6 Å². The molecule has 3 nitrogen and oxygen atoms in total. The lowest BCUT2D eigenvalue weighted by Gasteiger charge is -2.23. The number of hydrogen-bond acceptors (Lipinski definition) is 2. The molecule has 3 rings (SSSR count). The predicted octanol–water partition coefficient (Wildman–Crippen LogP) is 3.97. The van der Waals surface area contributed by atoms with Crippen LogP contribution in [0.15, 0.2) is 48.5 Å². The van der Waals surface area contributed by atoms with Gasteiger partial charge in [0, 0.05) is 11.3 Å². The first-order valence-corrected chi connectivity index (χ1v) is 7.60. The average Bonchev–Trinajstić information content (AvgIpc) is 2.58. The summed E-state index contributed by atoms with van der Waals surface area (Å²) in [6.07, 6.45) is 2.28. The molecule has 5 heteroatoms. The van der Waals surface area contributed by atoms with E-state index < -0.39 is 0 Å². The molecule has 0 aliphatic carbocycles. The molecule has 0 unspecified atom stereocenters. The molecule has 1 heterocycles. The second kappa shape index (κ2) is 8.09. The Bertz CT molecular complexity index is 637. The number of benzene rings is 2. The van der Waals surface area contributed by atoms with E-state index in [0.717, 1.165) is 25.9 Å². The minimum absolute atomic E-state index is 0. The number of piperidine rings is 1. The number of anilines is 1. The van der Waals surface area contributed by atoms with Gasteiger partial charge in [0.05, 0.1) is 0 Å². The highest BCUT2D eigenvalue weighted by Gasteiger charge is 2.15. The molecule has 1 aliphatic heterocycles. The molecule has 0 atom stereocenters. The van der Waals surface area contributed by atoms with Crippen molar-refractivity contribution in [1.29, 1.82) is 0 Å². The third kappa shape index (κ3) is 4.53. The van der Waals surface area contributed by atoms with E-state index in [9.17, 15) is 9.18 Å². The number of rotatable bonds is 3. The molecule has 2 aromatic rings. The van der Waals surface area contributed by atoms with Gasteiger partial charge in [-0.3, -0.25) is 4.79 Å². The first-order chi connectivity index (χ1) is 10.7. The quantitative estimate of drug-likeness (QED) is 0.891. The van der Waals surface area contributed by atoms with Crippen LogP contribution in [0.1, 0.15) is 34.7 Å². The van der Waals surface area contributed by atoms with Gasteiger partial charge >= 0.3 is 0 Å². The monoisotopic (exact) mass is 334 g/mol. The summed E-state index contributed by atoms with van der Waals surface area (Å²) in [5, 5.41) is 6.12. The Morgan fingerprint density at radius 3 is 2.22 bits per heavy atom. The van der Waals surface area contributed by atoms with E-state index >= 15 is 0 Å². The van der Waals surface area contributed by atoms with Crippen LogP contribution in [0.5, 0.6) is 0 Å². The van der Waals surface area contributed by atoms with Crippen molar-refractivity contribution in [2.45, 2.75) is 18.8 Å². The topological polar surface area (TPSA) is 41.1 Å². The smallest absolute Gasteiger partial charge is 0.255 e. The minimum Gasteiger partial charge on any atom is -0.322 e. The Hall–Kier alpha value is -1.91. The minimum atomic E-state index is -0.315. The van der Waals surface area contributed by atoms with Gasteiger partial charge in [0.1, 0.15) is 5.82 Å². The maximum atomic E-state index is 12.9. The summed E-state index contributed by atoms with van der Waals surface area (Å²) in [7, 11) is 0. The molecule has 122 valence electrons. The molecule has 1 aliphatic rings. The van der Waals surface area contributed by atoms with Gasteiger partial charge in [-0.25, -0.2) is 4.39 Å². The van der Waals surface area contributed by atoms with E-state index in [4.69, 9.17) is 0 Å². The normalized spacial score (nSPS) is 14.8. The molecule has 1 fully saturated rings. The van der Waals surface area contributed by atoms with Gasteiger partial charge in [-0.15, -0.1) is 12.4 Å². The average molecular weight is 335 g/mol. The number of carbonyl (C=O) groups excluding carboxylic acids is 1. The molecule has 0 bridgehead atoms. The Morgan fingerprint density at radius 1 is 1.00 bits per heavy atom. The van der Waals surface area contributed by atoms with E-state index in [-0.39, 0.29) is 24.1 Å². The van der Waals surface area contributed by atoms with Gasteiger partial charge in [-0.2, -0.15) is 0 Å². The molecule has 2 N–H and O–H groups in total. The SMILES string of the molecule is Cl.O=C(Nc1ccc(F)cc1)c1ccc(C2CCNCC2)cc1. The Balaban J connectivity index is 0.00000192. The maximum Gasteiger partial charge on any atom is 0.255 e. The van der Waals surface area contributed by atoms with Gasteiger partial charge in [0.2, 0.25) is 0 Å². The lowest BCUT2D eigenvalue weighted by atomic mass is 9.90. The van der Waals surface area contributed by atoms with Crippen LogP contribution in [-0.4, -0.2) is 19.0 Å². The third-order valence-corrected chi connectivity index (χ3v) is 4.09. The van der Waals surface area contributed by atoms with Crippen molar-refractivity contribution in [3.63, 3.8) is 0 Å². The van der Waals surface area contributed by atoms with Crippen molar-refractivity contribution in [2.24, 2.45) is 0 Å². The second-order valence-corrected chi connectivity index (χ2v) is 5.61. The van der Waals surface area contributed by atoms with Gasteiger partial charge in [0.25, 0.3) is 5.91 Å². The van der Waals surface area contributed by atoms with Crippen LogP contribution in [0.25, 0.3) is 0 Å². The summed E-state index contributed by atoms with van der Waals surface area (Å²) in [5.41, 5.74) is 2.50. The highest BCUT2D eigenvalue weighted by atomic mass is 35.5. The first-order valence-electron chi connectivity index (χ1n) is 7.60. The highest BCUT2D eigenvalue weighted by Crippen LogP contribution is 2.25. The van der Waals surface area contributed by atoms with Crippen molar-refractivity contribution in [1.82, 2.24) is 5.32 Å². The zero-order valence-corrected chi connectivity index (χ0v) is 13.5. The van der Waals surface area contributed by atoms with Crippen LogP contribution >= 0.6 is 12.4 Å². The van der Waals surface area contributed by atoms with Gasteiger partial charge < -0.3 is 10.6 Å². The fraction of sp³-hybridized carbons (Fsp3) is 0.278. The summed E-state index contributed by atoms with van der Waals surface area (Å²) < 4.78 is 12.9. The number of amides is 1. The summed E-state index contributed by atoms with van der Waals surface area (Å²) in [4.78, 5) is 12.2. The van der Waals surface area contributed by atoms with Crippen LogP contribution in [-0.2, 0) is 0 Å². The Labute approximate surface area is 141 Å². The van der Waals surface area contributed by atoms with Gasteiger partial charge in [0.15, 0.2) is 0 Å². The molecular formula is C18H20ClFN2O. The van der Waals surface area contributed by atoms with E-state index in [2.05, 4.69) is 10.6 Å². The van der Waals surface area contributed by atoms with Gasteiger partial charge in [-0.05, 0) is 73.8 Å². The summed E-state index contributed by atoms with van der Waals surface area (Å²) >= 11 is 0. The fourth-order valence-corrected chi connectivity index (χ4v) is 2.80. The first kappa shape index (κ1) is 17.4. The van der Waals surface area contributed by atoms with Crippen LogP contribution in [0, 0.1) is 5.82 Å². The largest absolute Gasteiger partial charge is 0.322 e. The summed E-state index contributed by atoms with van der Waals surface area (Å²) in [6.45, 7) is 2.11. The highest BCUT2D eigenvalue weighted by molar-refractivity contribution is 6.04. The standard InChI is InChI=1S/C18H19FN2O.ClH/c19-16-5-7-17(8-6-16)21-18(22)15-3-1-13(2-4-15)14-9-11-20-12-10-14;/h1-8,14,20H,9-12H2,(H,21,22);1H. The lowest BCUT2D eigenvalue weighted by molar-refractivity contribution is 0.102. The number of carbonyl (C=O) groups is 1. The number of halogens is 2. The molecule has 2 aromatic carbocycles. The molecule has 0 spiro atoms. The molecule has 0 radical (unpaired) electrons. The molecule has 0 aromatic heterocycles. The van der Waals surface area contributed by atoms with Crippen molar-refractivity contribution < 1.29 is 9.18 Å².